The molecule has 2 nitrogen and oxygen atoms in total. The first kappa shape index (κ1) is 8.34. The SMILES string of the molecule is COCC1C=C(OC)C=CC1. The fourth-order valence-corrected chi connectivity index (χ4v) is 1.18. The Labute approximate surface area is 67.5 Å². The van der Waals surface area contributed by atoms with E-state index in [-0.39, 0.29) is 0 Å². The van der Waals surface area contributed by atoms with Crippen molar-refractivity contribution in [2.75, 3.05) is 20.8 Å². The van der Waals surface area contributed by atoms with Gasteiger partial charge in [-0.2, -0.15) is 0 Å². The minimum atomic E-state index is 0.486. The number of ether oxygens (including phenoxy) is 2. The molecule has 1 unspecified atom stereocenters. The van der Waals surface area contributed by atoms with Crippen LogP contribution in [0.3, 0.4) is 0 Å². The zero-order valence-corrected chi connectivity index (χ0v) is 7.04. The van der Waals surface area contributed by atoms with E-state index < -0.39 is 0 Å². The van der Waals surface area contributed by atoms with E-state index in [1.165, 1.54) is 0 Å². The molecule has 1 aliphatic carbocycles. The maximum atomic E-state index is 5.09. The van der Waals surface area contributed by atoms with Crippen LogP contribution in [0.15, 0.2) is 24.0 Å². The topological polar surface area (TPSA) is 18.5 Å². The quantitative estimate of drug-likeness (QED) is 0.616. The molecule has 11 heavy (non-hydrogen) atoms. The Bertz CT molecular complexity index is 170. The van der Waals surface area contributed by atoms with Crippen LogP contribution < -0.4 is 0 Å². The standard InChI is InChI=1S/C9H14O2/c1-10-7-8-4-3-5-9(6-8)11-2/h3,5-6,8H,4,7H2,1-2H3. The highest BCUT2D eigenvalue weighted by Gasteiger charge is 2.08. The molecule has 0 spiro atoms. The van der Waals surface area contributed by atoms with E-state index in [0.717, 1.165) is 18.8 Å². The van der Waals surface area contributed by atoms with Crippen LogP contribution >= 0.6 is 0 Å². The molecule has 0 N–H and O–H groups in total. The van der Waals surface area contributed by atoms with Crippen molar-refractivity contribution in [2.24, 2.45) is 5.92 Å². The third kappa shape index (κ3) is 2.39. The lowest BCUT2D eigenvalue weighted by atomic mass is 10.0. The fraction of sp³-hybridized carbons (Fsp3) is 0.556. The summed E-state index contributed by atoms with van der Waals surface area (Å²) in [6.45, 7) is 0.775. The Morgan fingerprint density at radius 2 is 2.36 bits per heavy atom. The lowest BCUT2D eigenvalue weighted by Gasteiger charge is -2.14. The molecule has 0 aliphatic heterocycles. The highest BCUT2D eigenvalue weighted by atomic mass is 16.5. The van der Waals surface area contributed by atoms with Gasteiger partial charge >= 0.3 is 0 Å². The summed E-state index contributed by atoms with van der Waals surface area (Å²) >= 11 is 0. The molecule has 2 heteroatoms. The number of hydrogen-bond acceptors (Lipinski definition) is 2. The molecule has 0 bridgehead atoms. The third-order valence-corrected chi connectivity index (χ3v) is 1.74. The predicted molar refractivity (Wildman–Crippen MR) is 44.2 cm³/mol. The molecular weight excluding hydrogens is 140 g/mol. The normalized spacial score (nSPS) is 23.1. The summed E-state index contributed by atoms with van der Waals surface area (Å²) in [4.78, 5) is 0. The molecule has 1 atom stereocenters. The molecule has 0 amide bonds. The summed E-state index contributed by atoms with van der Waals surface area (Å²) in [6.07, 6.45) is 7.26. The average molecular weight is 154 g/mol. The van der Waals surface area contributed by atoms with E-state index in [4.69, 9.17) is 9.47 Å². The van der Waals surface area contributed by atoms with Gasteiger partial charge in [-0.15, -0.1) is 0 Å². The Morgan fingerprint density at radius 1 is 1.55 bits per heavy atom. The van der Waals surface area contributed by atoms with E-state index in [1.54, 1.807) is 14.2 Å². The van der Waals surface area contributed by atoms with Gasteiger partial charge < -0.3 is 9.47 Å². The molecular formula is C9H14O2. The van der Waals surface area contributed by atoms with Crippen LogP contribution in [0.4, 0.5) is 0 Å². The van der Waals surface area contributed by atoms with Gasteiger partial charge in [-0.1, -0.05) is 6.08 Å². The number of allylic oxidation sites excluding steroid dienone is 2. The highest BCUT2D eigenvalue weighted by molar-refractivity contribution is 5.18. The second kappa shape index (κ2) is 4.19. The number of hydrogen-bond donors (Lipinski definition) is 0. The Kier molecular flexibility index (Phi) is 3.17. The molecule has 62 valence electrons. The fourth-order valence-electron chi connectivity index (χ4n) is 1.18. The first-order valence-electron chi connectivity index (χ1n) is 3.78. The minimum Gasteiger partial charge on any atom is -0.497 e. The van der Waals surface area contributed by atoms with Crippen LogP contribution in [-0.4, -0.2) is 20.8 Å². The monoisotopic (exact) mass is 154 g/mol. The summed E-state index contributed by atoms with van der Waals surface area (Å²) in [5.74, 6) is 1.43. The lowest BCUT2D eigenvalue weighted by molar-refractivity contribution is 0.167. The van der Waals surface area contributed by atoms with Crippen molar-refractivity contribution >= 4 is 0 Å². The predicted octanol–water partition coefficient (Wildman–Crippen LogP) is 1.74. The van der Waals surface area contributed by atoms with Gasteiger partial charge in [-0.3, -0.25) is 0 Å². The van der Waals surface area contributed by atoms with Gasteiger partial charge in [0.25, 0.3) is 0 Å². The summed E-state index contributed by atoms with van der Waals surface area (Å²) in [5.41, 5.74) is 0. The first-order valence-corrected chi connectivity index (χ1v) is 3.78. The number of rotatable bonds is 3. The van der Waals surface area contributed by atoms with Crippen molar-refractivity contribution in [1.29, 1.82) is 0 Å². The molecule has 0 heterocycles. The summed E-state index contributed by atoms with van der Waals surface area (Å²) in [7, 11) is 3.41. The minimum absolute atomic E-state index is 0.486. The molecule has 0 aromatic rings. The summed E-state index contributed by atoms with van der Waals surface area (Å²) in [6, 6.07) is 0. The summed E-state index contributed by atoms with van der Waals surface area (Å²) < 4.78 is 10.1. The average Bonchev–Trinajstić information content (AvgIpc) is 2.06. The Hall–Kier alpha value is -0.760. The second-order valence-electron chi connectivity index (χ2n) is 2.63. The van der Waals surface area contributed by atoms with E-state index in [0.29, 0.717) is 5.92 Å². The van der Waals surface area contributed by atoms with Crippen molar-refractivity contribution in [1.82, 2.24) is 0 Å². The summed E-state index contributed by atoms with van der Waals surface area (Å²) in [5, 5.41) is 0. The van der Waals surface area contributed by atoms with Crippen molar-refractivity contribution in [3.63, 3.8) is 0 Å². The van der Waals surface area contributed by atoms with Gasteiger partial charge in [0, 0.05) is 13.0 Å². The maximum Gasteiger partial charge on any atom is 0.114 e. The van der Waals surface area contributed by atoms with Gasteiger partial charge in [-0.05, 0) is 18.6 Å². The van der Waals surface area contributed by atoms with E-state index >= 15 is 0 Å². The van der Waals surface area contributed by atoms with Crippen molar-refractivity contribution < 1.29 is 9.47 Å². The van der Waals surface area contributed by atoms with E-state index in [9.17, 15) is 0 Å². The lowest BCUT2D eigenvalue weighted by Crippen LogP contribution is -2.07. The molecule has 0 aromatic heterocycles. The number of methoxy groups -OCH3 is 2. The molecule has 0 aromatic carbocycles. The third-order valence-electron chi connectivity index (χ3n) is 1.74. The molecule has 0 fully saturated rings. The zero-order chi connectivity index (χ0) is 8.10. The van der Waals surface area contributed by atoms with Crippen LogP contribution in [0.5, 0.6) is 0 Å². The zero-order valence-electron chi connectivity index (χ0n) is 7.04. The van der Waals surface area contributed by atoms with E-state index in [2.05, 4.69) is 12.2 Å². The maximum absolute atomic E-state index is 5.09. The van der Waals surface area contributed by atoms with Crippen LogP contribution in [0.25, 0.3) is 0 Å². The van der Waals surface area contributed by atoms with Crippen LogP contribution in [0.2, 0.25) is 0 Å². The molecule has 0 radical (unpaired) electrons. The van der Waals surface area contributed by atoms with E-state index in [1.807, 2.05) is 6.08 Å². The molecule has 1 rings (SSSR count). The van der Waals surface area contributed by atoms with Gasteiger partial charge in [-0.25, -0.2) is 0 Å². The smallest absolute Gasteiger partial charge is 0.114 e. The van der Waals surface area contributed by atoms with Gasteiger partial charge in [0.2, 0.25) is 0 Å². The van der Waals surface area contributed by atoms with Gasteiger partial charge in [0.1, 0.15) is 5.76 Å². The van der Waals surface area contributed by atoms with Gasteiger partial charge in [0.15, 0.2) is 0 Å². The van der Waals surface area contributed by atoms with Crippen LogP contribution in [-0.2, 0) is 9.47 Å². The van der Waals surface area contributed by atoms with Crippen molar-refractivity contribution in [2.45, 2.75) is 6.42 Å². The molecule has 0 saturated heterocycles. The van der Waals surface area contributed by atoms with Crippen LogP contribution in [0.1, 0.15) is 6.42 Å². The first-order chi connectivity index (χ1) is 5.36. The van der Waals surface area contributed by atoms with Crippen molar-refractivity contribution in [3.05, 3.63) is 24.0 Å². The van der Waals surface area contributed by atoms with Gasteiger partial charge in [0.05, 0.1) is 13.7 Å². The van der Waals surface area contributed by atoms with Crippen molar-refractivity contribution in [3.8, 4) is 0 Å². The highest BCUT2D eigenvalue weighted by Crippen LogP contribution is 2.16. The Morgan fingerprint density at radius 3 is 3.00 bits per heavy atom. The van der Waals surface area contributed by atoms with Crippen LogP contribution in [0, 0.1) is 5.92 Å². The molecule has 1 aliphatic rings. The molecule has 0 saturated carbocycles. The largest absolute Gasteiger partial charge is 0.497 e. The Balaban J connectivity index is 2.47. The second-order valence-corrected chi connectivity index (χ2v) is 2.63.